The Balaban J connectivity index is 2.00. The highest BCUT2D eigenvalue weighted by Crippen LogP contribution is 2.35. The molecule has 0 unspecified atom stereocenters. The quantitative estimate of drug-likeness (QED) is 0.808. The topological polar surface area (TPSA) is 83.4 Å². The van der Waals surface area contributed by atoms with Crippen molar-refractivity contribution in [3.05, 3.63) is 24.1 Å². The Kier molecular flexibility index (Phi) is 2.00. The summed E-state index contributed by atoms with van der Waals surface area (Å²) in [4.78, 5) is 0. The van der Waals surface area contributed by atoms with E-state index < -0.39 is 0 Å². The summed E-state index contributed by atoms with van der Waals surface area (Å²) >= 11 is 0. The van der Waals surface area contributed by atoms with Crippen LogP contribution in [0.3, 0.4) is 0 Å². The molecule has 1 aromatic heterocycles. The molecule has 0 bridgehead atoms. The molecule has 0 atom stereocenters. The highest BCUT2D eigenvalue weighted by Gasteiger charge is 2.16. The summed E-state index contributed by atoms with van der Waals surface area (Å²) in [6.45, 7) is 0.480. The molecule has 1 aliphatic heterocycles. The molecule has 0 fully saturated rings. The normalized spacial score (nSPS) is 13.1. The van der Waals surface area contributed by atoms with Crippen molar-refractivity contribution >= 4 is 0 Å². The zero-order chi connectivity index (χ0) is 11.0. The predicted molar refractivity (Wildman–Crippen MR) is 53.7 cm³/mol. The number of rotatable bonds is 2. The molecule has 1 aliphatic rings. The molecular weight excluding hydrogens is 210 g/mol. The molecule has 2 N–H and O–H groups in total. The first-order valence-corrected chi connectivity index (χ1v) is 4.79. The first-order valence-electron chi connectivity index (χ1n) is 4.79. The standard InChI is InChI=1S/C10H9N3O3/c11-4-9-12-13-10(16-9)6-1-2-7-8(3-6)15-5-14-7/h1-3H,4-5,11H2. The number of hydrogen-bond acceptors (Lipinski definition) is 6. The van der Waals surface area contributed by atoms with Crippen LogP contribution < -0.4 is 15.2 Å². The van der Waals surface area contributed by atoms with E-state index in [1.807, 2.05) is 12.1 Å². The van der Waals surface area contributed by atoms with Crippen molar-refractivity contribution < 1.29 is 13.9 Å². The van der Waals surface area contributed by atoms with E-state index in [0.717, 1.165) is 11.3 Å². The van der Waals surface area contributed by atoms with Crippen LogP contribution in [0, 0.1) is 0 Å². The zero-order valence-corrected chi connectivity index (χ0v) is 8.34. The van der Waals surface area contributed by atoms with Crippen LogP contribution in [0.2, 0.25) is 0 Å². The van der Waals surface area contributed by atoms with Crippen molar-refractivity contribution in [1.82, 2.24) is 10.2 Å². The Morgan fingerprint density at radius 1 is 1.19 bits per heavy atom. The molecule has 0 radical (unpaired) electrons. The number of nitrogens with two attached hydrogens (primary N) is 1. The number of hydrogen-bond donors (Lipinski definition) is 1. The summed E-state index contributed by atoms with van der Waals surface area (Å²) in [6.07, 6.45) is 0. The smallest absolute Gasteiger partial charge is 0.247 e. The average Bonchev–Trinajstić information content (AvgIpc) is 2.96. The van der Waals surface area contributed by atoms with Crippen molar-refractivity contribution in [1.29, 1.82) is 0 Å². The molecule has 16 heavy (non-hydrogen) atoms. The van der Waals surface area contributed by atoms with Crippen molar-refractivity contribution in [2.24, 2.45) is 5.73 Å². The molecule has 3 rings (SSSR count). The third-order valence-electron chi connectivity index (χ3n) is 2.26. The van der Waals surface area contributed by atoms with Gasteiger partial charge in [0, 0.05) is 5.56 Å². The van der Waals surface area contributed by atoms with Crippen LogP contribution in [0.25, 0.3) is 11.5 Å². The maximum atomic E-state index is 5.39. The van der Waals surface area contributed by atoms with Crippen LogP contribution in [-0.2, 0) is 6.54 Å². The lowest BCUT2D eigenvalue weighted by molar-refractivity contribution is 0.174. The number of nitrogens with zero attached hydrogens (tertiary/aromatic N) is 2. The minimum Gasteiger partial charge on any atom is -0.454 e. The van der Waals surface area contributed by atoms with Crippen molar-refractivity contribution in [2.45, 2.75) is 6.54 Å². The fourth-order valence-electron chi connectivity index (χ4n) is 1.48. The molecule has 0 saturated heterocycles. The van der Waals surface area contributed by atoms with Crippen LogP contribution >= 0.6 is 0 Å². The fourth-order valence-corrected chi connectivity index (χ4v) is 1.48. The van der Waals surface area contributed by atoms with Gasteiger partial charge in [-0.2, -0.15) is 0 Å². The molecular formula is C10H9N3O3. The van der Waals surface area contributed by atoms with E-state index in [1.165, 1.54) is 0 Å². The van der Waals surface area contributed by atoms with E-state index in [9.17, 15) is 0 Å². The van der Waals surface area contributed by atoms with Crippen molar-refractivity contribution in [2.75, 3.05) is 6.79 Å². The Morgan fingerprint density at radius 2 is 2.06 bits per heavy atom. The van der Waals surface area contributed by atoms with Crippen molar-refractivity contribution in [3.63, 3.8) is 0 Å². The van der Waals surface area contributed by atoms with Gasteiger partial charge in [0.05, 0.1) is 6.54 Å². The molecule has 6 nitrogen and oxygen atoms in total. The fraction of sp³-hybridized carbons (Fsp3) is 0.200. The van der Waals surface area contributed by atoms with Crippen molar-refractivity contribution in [3.8, 4) is 23.0 Å². The molecule has 0 aliphatic carbocycles. The van der Waals surface area contributed by atoms with E-state index in [1.54, 1.807) is 6.07 Å². The Bertz CT molecular complexity index is 524. The first-order chi connectivity index (χ1) is 7.86. The lowest BCUT2D eigenvalue weighted by Gasteiger charge is -1.97. The molecule has 0 spiro atoms. The second kappa shape index (κ2) is 3.49. The molecule has 2 aromatic rings. The SMILES string of the molecule is NCc1nnc(-c2ccc3c(c2)OCO3)o1. The summed E-state index contributed by atoms with van der Waals surface area (Å²) in [5, 5.41) is 7.68. The Hall–Kier alpha value is -2.08. The van der Waals surface area contributed by atoms with Crippen LogP contribution in [-0.4, -0.2) is 17.0 Å². The highest BCUT2D eigenvalue weighted by molar-refractivity contribution is 5.60. The van der Waals surface area contributed by atoms with Gasteiger partial charge in [0.25, 0.3) is 0 Å². The van der Waals surface area contributed by atoms with Gasteiger partial charge in [-0.05, 0) is 18.2 Å². The first kappa shape index (κ1) is 9.17. The predicted octanol–water partition coefficient (Wildman–Crippen LogP) is 0.924. The van der Waals surface area contributed by atoms with Gasteiger partial charge in [0.15, 0.2) is 11.5 Å². The van der Waals surface area contributed by atoms with Gasteiger partial charge in [0.1, 0.15) is 0 Å². The summed E-state index contributed by atoms with van der Waals surface area (Å²) < 4.78 is 15.8. The van der Waals surface area contributed by atoms with Crippen LogP contribution in [0.4, 0.5) is 0 Å². The van der Waals surface area contributed by atoms with Crippen LogP contribution in [0.1, 0.15) is 5.89 Å². The minimum absolute atomic E-state index is 0.234. The molecule has 0 amide bonds. The monoisotopic (exact) mass is 219 g/mol. The van der Waals surface area contributed by atoms with Gasteiger partial charge in [-0.1, -0.05) is 0 Å². The maximum absolute atomic E-state index is 5.39. The molecule has 2 heterocycles. The van der Waals surface area contributed by atoms with Gasteiger partial charge in [0.2, 0.25) is 18.6 Å². The van der Waals surface area contributed by atoms with E-state index in [4.69, 9.17) is 19.6 Å². The van der Waals surface area contributed by atoms with Crippen LogP contribution in [0.5, 0.6) is 11.5 Å². The average molecular weight is 219 g/mol. The van der Waals surface area contributed by atoms with E-state index in [-0.39, 0.29) is 13.3 Å². The molecule has 1 aromatic carbocycles. The summed E-state index contributed by atoms with van der Waals surface area (Å²) in [6, 6.07) is 5.45. The number of benzene rings is 1. The summed E-state index contributed by atoms with van der Waals surface area (Å²) in [5.41, 5.74) is 6.18. The molecule has 6 heteroatoms. The second-order valence-electron chi connectivity index (χ2n) is 3.27. The van der Waals surface area contributed by atoms with Gasteiger partial charge in [-0.25, -0.2) is 0 Å². The third kappa shape index (κ3) is 1.40. The Morgan fingerprint density at radius 3 is 2.88 bits per heavy atom. The molecule has 82 valence electrons. The van der Waals surface area contributed by atoms with Gasteiger partial charge in [-0.3, -0.25) is 0 Å². The zero-order valence-electron chi connectivity index (χ0n) is 8.34. The van der Waals surface area contributed by atoms with E-state index in [0.29, 0.717) is 17.5 Å². The lowest BCUT2D eigenvalue weighted by atomic mass is 10.2. The van der Waals surface area contributed by atoms with Gasteiger partial charge in [-0.15, -0.1) is 10.2 Å². The second-order valence-corrected chi connectivity index (χ2v) is 3.27. The van der Waals surface area contributed by atoms with Gasteiger partial charge >= 0.3 is 0 Å². The van der Waals surface area contributed by atoms with Gasteiger partial charge < -0.3 is 19.6 Å². The number of ether oxygens (including phenoxy) is 2. The third-order valence-corrected chi connectivity index (χ3v) is 2.26. The highest BCUT2D eigenvalue weighted by atomic mass is 16.7. The Labute approximate surface area is 91.0 Å². The number of fused-ring (bicyclic) bond motifs is 1. The summed E-state index contributed by atoms with van der Waals surface area (Å²) in [5.74, 6) is 2.25. The number of aromatic nitrogens is 2. The lowest BCUT2D eigenvalue weighted by Crippen LogP contribution is -1.95. The molecule has 0 saturated carbocycles. The van der Waals surface area contributed by atoms with Crippen LogP contribution in [0.15, 0.2) is 22.6 Å². The van der Waals surface area contributed by atoms with E-state index >= 15 is 0 Å². The summed E-state index contributed by atoms with van der Waals surface area (Å²) in [7, 11) is 0. The van der Waals surface area contributed by atoms with E-state index in [2.05, 4.69) is 10.2 Å². The minimum atomic E-state index is 0.234. The maximum Gasteiger partial charge on any atom is 0.247 e. The largest absolute Gasteiger partial charge is 0.454 e.